The molecule has 116 valence electrons. The predicted molar refractivity (Wildman–Crippen MR) is 79.8 cm³/mol. The molecule has 0 unspecified atom stereocenters. The Morgan fingerprint density at radius 3 is 2.67 bits per heavy atom. The Kier molecular flexibility index (Phi) is 5.99. The first-order valence-electron chi connectivity index (χ1n) is 7.51. The number of hydrogen-bond acceptors (Lipinski definition) is 3. The van der Waals surface area contributed by atoms with Gasteiger partial charge in [0.2, 0.25) is 5.91 Å². The van der Waals surface area contributed by atoms with E-state index >= 15 is 0 Å². The monoisotopic (exact) mass is 294 g/mol. The van der Waals surface area contributed by atoms with Crippen LogP contribution in [0.25, 0.3) is 0 Å². The lowest BCUT2D eigenvalue weighted by Gasteiger charge is -2.31. The number of nitrogens with zero attached hydrogens (tertiary/aromatic N) is 1. The molecule has 0 spiro atoms. The van der Waals surface area contributed by atoms with Crippen molar-refractivity contribution in [1.29, 1.82) is 0 Å². The molecule has 0 atom stereocenters. The molecule has 5 heteroatoms. The highest BCUT2D eigenvalue weighted by atomic mass is 19.1. The highest BCUT2D eigenvalue weighted by Gasteiger charge is 2.21. The number of hydrogen-bond donors (Lipinski definition) is 1. The Morgan fingerprint density at radius 2 is 2.00 bits per heavy atom. The molecule has 0 radical (unpaired) electrons. The minimum absolute atomic E-state index is 0.171. The van der Waals surface area contributed by atoms with Gasteiger partial charge in [-0.1, -0.05) is 0 Å². The summed E-state index contributed by atoms with van der Waals surface area (Å²) in [4.78, 5) is 14.0. The Labute approximate surface area is 125 Å². The van der Waals surface area contributed by atoms with Crippen molar-refractivity contribution in [1.82, 2.24) is 10.2 Å². The quantitative estimate of drug-likeness (QED) is 0.818. The van der Waals surface area contributed by atoms with Crippen LogP contribution in [-0.4, -0.2) is 43.6 Å². The summed E-state index contributed by atoms with van der Waals surface area (Å²) in [6, 6.07) is 6.28. The molecule has 0 aliphatic carbocycles. The molecule has 2 rings (SSSR count). The third-order valence-electron chi connectivity index (χ3n) is 3.87. The molecule has 1 N–H and O–H groups in total. The molecule has 1 fully saturated rings. The zero-order chi connectivity index (χ0) is 15.1. The van der Waals surface area contributed by atoms with E-state index in [0.717, 1.165) is 25.9 Å². The van der Waals surface area contributed by atoms with Gasteiger partial charge in [-0.05, 0) is 56.6 Å². The highest BCUT2D eigenvalue weighted by molar-refractivity contribution is 5.76. The zero-order valence-electron chi connectivity index (χ0n) is 12.5. The first-order chi connectivity index (χ1) is 10.2. The van der Waals surface area contributed by atoms with E-state index in [9.17, 15) is 9.18 Å². The average molecular weight is 294 g/mol. The molecular formula is C16H23FN2O2. The molecule has 1 aliphatic rings. The molecule has 0 saturated carbocycles. The van der Waals surface area contributed by atoms with Crippen LogP contribution in [0.1, 0.15) is 25.7 Å². The van der Waals surface area contributed by atoms with Gasteiger partial charge >= 0.3 is 0 Å². The standard InChI is InChI=1S/C16H23FN2O2/c1-19(14-8-10-18-11-9-14)16(20)3-2-12-21-15-6-4-13(17)5-7-15/h4-7,14,18H,2-3,8-12H2,1H3. The lowest BCUT2D eigenvalue weighted by molar-refractivity contribution is -0.132. The molecule has 1 aromatic rings. The fourth-order valence-electron chi connectivity index (χ4n) is 2.52. The van der Waals surface area contributed by atoms with E-state index < -0.39 is 0 Å². The van der Waals surface area contributed by atoms with Gasteiger partial charge in [0, 0.05) is 19.5 Å². The van der Waals surface area contributed by atoms with Crippen molar-refractivity contribution in [3.05, 3.63) is 30.1 Å². The summed E-state index contributed by atoms with van der Waals surface area (Å²) < 4.78 is 18.2. The van der Waals surface area contributed by atoms with E-state index in [1.54, 1.807) is 12.1 Å². The fourth-order valence-corrected chi connectivity index (χ4v) is 2.52. The van der Waals surface area contributed by atoms with Gasteiger partial charge in [-0.15, -0.1) is 0 Å². The Balaban J connectivity index is 1.65. The maximum atomic E-state index is 12.7. The van der Waals surface area contributed by atoms with Gasteiger partial charge in [0.05, 0.1) is 6.61 Å². The number of carbonyl (C=O) groups is 1. The second kappa shape index (κ2) is 7.98. The van der Waals surface area contributed by atoms with E-state index in [0.29, 0.717) is 31.2 Å². The van der Waals surface area contributed by atoms with E-state index in [1.807, 2.05) is 11.9 Å². The molecule has 4 nitrogen and oxygen atoms in total. The van der Waals surface area contributed by atoms with Crippen LogP contribution < -0.4 is 10.1 Å². The number of halogens is 1. The molecule has 1 amide bonds. The Hall–Kier alpha value is -1.62. The summed E-state index contributed by atoms with van der Waals surface area (Å²) in [6.45, 7) is 2.43. The second-order valence-corrected chi connectivity index (χ2v) is 5.39. The van der Waals surface area contributed by atoms with Gasteiger partial charge in [0.1, 0.15) is 11.6 Å². The minimum Gasteiger partial charge on any atom is -0.494 e. The van der Waals surface area contributed by atoms with Gasteiger partial charge in [0.25, 0.3) is 0 Å². The van der Waals surface area contributed by atoms with Crippen LogP contribution in [0.3, 0.4) is 0 Å². The van der Waals surface area contributed by atoms with Crippen molar-refractivity contribution in [3.63, 3.8) is 0 Å². The average Bonchev–Trinajstić information content (AvgIpc) is 2.53. The van der Waals surface area contributed by atoms with Gasteiger partial charge in [-0.3, -0.25) is 4.79 Å². The lowest BCUT2D eigenvalue weighted by Crippen LogP contribution is -2.43. The summed E-state index contributed by atoms with van der Waals surface area (Å²) in [5.41, 5.74) is 0. The van der Waals surface area contributed by atoms with E-state index in [4.69, 9.17) is 4.74 Å². The first kappa shape index (κ1) is 15.8. The van der Waals surface area contributed by atoms with Crippen molar-refractivity contribution in [2.75, 3.05) is 26.7 Å². The molecule has 1 aromatic carbocycles. The summed E-state index contributed by atoms with van der Waals surface area (Å²) >= 11 is 0. The maximum Gasteiger partial charge on any atom is 0.222 e. The van der Waals surface area contributed by atoms with Crippen molar-refractivity contribution in [3.8, 4) is 5.75 Å². The smallest absolute Gasteiger partial charge is 0.222 e. The largest absolute Gasteiger partial charge is 0.494 e. The Bertz CT molecular complexity index is 444. The molecule has 21 heavy (non-hydrogen) atoms. The third kappa shape index (κ3) is 5.01. The number of nitrogens with one attached hydrogen (secondary N) is 1. The zero-order valence-corrected chi connectivity index (χ0v) is 12.5. The fraction of sp³-hybridized carbons (Fsp3) is 0.562. The molecule has 0 aromatic heterocycles. The normalized spacial score (nSPS) is 15.7. The Morgan fingerprint density at radius 1 is 1.33 bits per heavy atom. The van der Waals surface area contributed by atoms with E-state index in [-0.39, 0.29) is 11.7 Å². The van der Waals surface area contributed by atoms with Gasteiger partial charge in [-0.25, -0.2) is 4.39 Å². The predicted octanol–water partition coefficient (Wildman–Crippen LogP) is 2.20. The summed E-state index contributed by atoms with van der Waals surface area (Å²) in [5, 5.41) is 3.30. The highest BCUT2D eigenvalue weighted by Crippen LogP contribution is 2.13. The van der Waals surface area contributed by atoms with Crippen LogP contribution in [-0.2, 0) is 4.79 Å². The SMILES string of the molecule is CN(C(=O)CCCOc1ccc(F)cc1)C1CCNCC1. The van der Waals surface area contributed by atoms with Gasteiger partial charge in [0.15, 0.2) is 0 Å². The van der Waals surface area contributed by atoms with E-state index in [2.05, 4.69) is 5.32 Å². The van der Waals surface area contributed by atoms with Crippen molar-refractivity contribution in [2.45, 2.75) is 31.7 Å². The van der Waals surface area contributed by atoms with E-state index in [1.165, 1.54) is 12.1 Å². The van der Waals surface area contributed by atoms with Crippen LogP contribution in [0, 0.1) is 5.82 Å². The van der Waals surface area contributed by atoms with Crippen molar-refractivity contribution >= 4 is 5.91 Å². The molecular weight excluding hydrogens is 271 g/mol. The van der Waals surface area contributed by atoms with Crippen molar-refractivity contribution < 1.29 is 13.9 Å². The number of rotatable bonds is 6. The van der Waals surface area contributed by atoms with Crippen LogP contribution in [0.2, 0.25) is 0 Å². The van der Waals surface area contributed by atoms with Crippen LogP contribution >= 0.6 is 0 Å². The summed E-state index contributed by atoms with van der Waals surface area (Å²) in [5.74, 6) is 0.529. The molecule has 1 aliphatic heterocycles. The third-order valence-corrected chi connectivity index (χ3v) is 3.87. The van der Waals surface area contributed by atoms with Gasteiger partial charge in [-0.2, -0.15) is 0 Å². The molecule has 1 saturated heterocycles. The van der Waals surface area contributed by atoms with Crippen LogP contribution in [0.5, 0.6) is 5.75 Å². The lowest BCUT2D eigenvalue weighted by atomic mass is 10.0. The first-order valence-corrected chi connectivity index (χ1v) is 7.51. The number of piperidine rings is 1. The van der Waals surface area contributed by atoms with Gasteiger partial charge < -0.3 is 15.0 Å². The number of amides is 1. The number of ether oxygens (including phenoxy) is 1. The number of carbonyl (C=O) groups excluding carboxylic acids is 1. The number of benzene rings is 1. The van der Waals surface area contributed by atoms with Crippen molar-refractivity contribution in [2.24, 2.45) is 0 Å². The molecule has 1 heterocycles. The maximum absolute atomic E-state index is 12.7. The minimum atomic E-state index is -0.277. The summed E-state index contributed by atoms with van der Waals surface area (Å²) in [7, 11) is 1.89. The molecule has 0 bridgehead atoms. The topological polar surface area (TPSA) is 41.6 Å². The van der Waals surface area contributed by atoms with Crippen LogP contribution in [0.4, 0.5) is 4.39 Å². The van der Waals surface area contributed by atoms with Crippen LogP contribution in [0.15, 0.2) is 24.3 Å². The summed E-state index contributed by atoms with van der Waals surface area (Å²) in [6.07, 6.45) is 3.20. The second-order valence-electron chi connectivity index (χ2n) is 5.39.